The predicted octanol–water partition coefficient (Wildman–Crippen LogP) is 3.39. The van der Waals surface area contributed by atoms with Crippen LogP contribution < -0.4 is 14.8 Å². The van der Waals surface area contributed by atoms with E-state index in [2.05, 4.69) is 20.6 Å². The summed E-state index contributed by atoms with van der Waals surface area (Å²) in [6.45, 7) is 1.92. The van der Waals surface area contributed by atoms with E-state index in [-0.39, 0.29) is 5.91 Å². The van der Waals surface area contributed by atoms with E-state index >= 15 is 0 Å². The number of fused-ring (bicyclic) bond motifs is 1. The maximum Gasteiger partial charge on any atom is 0.255 e. The molecular weight excluding hydrogens is 370 g/mol. The van der Waals surface area contributed by atoms with Crippen LogP contribution in [0.3, 0.4) is 0 Å². The zero-order valence-electron chi connectivity index (χ0n) is 16.2. The number of rotatable bonds is 5. The molecule has 0 aliphatic heterocycles. The smallest absolute Gasteiger partial charge is 0.255 e. The summed E-state index contributed by atoms with van der Waals surface area (Å²) in [5.74, 6) is 0.912. The SMILES string of the molecule is COc1ccc(NC(=O)c2ccc(-n3nnc4cccnc43)c(C)c2)cc1OC. The Hall–Kier alpha value is -3.94. The Morgan fingerprint density at radius 1 is 1.03 bits per heavy atom. The highest BCUT2D eigenvalue weighted by molar-refractivity contribution is 6.04. The average Bonchev–Trinajstić information content (AvgIpc) is 3.17. The Balaban J connectivity index is 1.60. The second-order valence-corrected chi connectivity index (χ2v) is 6.37. The van der Waals surface area contributed by atoms with Crippen molar-refractivity contribution in [1.29, 1.82) is 0 Å². The van der Waals surface area contributed by atoms with E-state index in [0.717, 1.165) is 11.3 Å². The van der Waals surface area contributed by atoms with Gasteiger partial charge in [-0.25, -0.2) is 4.98 Å². The molecule has 29 heavy (non-hydrogen) atoms. The van der Waals surface area contributed by atoms with Crippen LogP contribution in [0.15, 0.2) is 54.7 Å². The third-order valence-corrected chi connectivity index (χ3v) is 4.54. The van der Waals surface area contributed by atoms with Gasteiger partial charge in [-0.2, -0.15) is 4.68 Å². The molecule has 0 aliphatic carbocycles. The number of nitrogens with one attached hydrogen (secondary N) is 1. The normalized spacial score (nSPS) is 10.7. The monoisotopic (exact) mass is 389 g/mol. The maximum absolute atomic E-state index is 12.7. The number of aromatic nitrogens is 4. The summed E-state index contributed by atoms with van der Waals surface area (Å²) in [6, 6.07) is 14.3. The summed E-state index contributed by atoms with van der Waals surface area (Å²) in [6.07, 6.45) is 1.70. The van der Waals surface area contributed by atoms with Crippen molar-refractivity contribution in [2.45, 2.75) is 6.92 Å². The summed E-state index contributed by atoms with van der Waals surface area (Å²) < 4.78 is 12.2. The van der Waals surface area contributed by atoms with Crippen molar-refractivity contribution in [2.75, 3.05) is 19.5 Å². The van der Waals surface area contributed by atoms with Gasteiger partial charge >= 0.3 is 0 Å². The van der Waals surface area contributed by atoms with Gasteiger partial charge in [-0.3, -0.25) is 4.79 Å². The molecule has 1 amide bonds. The van der Waals surface area contributed by atoms with Crippen LogP contribution >= 0.6 is 0 Å². The lowest BCUT2D eigenvalue weighted by atomic mass is 10.1. The number of hydrogen-bond donors (Lipinski definition) is 1. The van der Waals surface area contributed by atoms with Crippen molar-refractivity contribution in [3.63, 3.8) is 0 Å². The first-order chi connectivity index (χ1) is 14.1. The molecule has 0 unspecified atom stereocenters. The third kappa shape index (κ3) is 3.47. The van der Waals surface area contributed by atoms with Crippen molar-refractivity contribution in [3.8, 4) is 17.2 Å². The van der Waals surface area contributed by atoms with Crippen LogP contribution in [-0.4, -0.2) is 40.1 Å². The predicted molar refractivity (Wildman–Crippen MR) is 109 cm³/mol. The van der Waals surface area contributed by atoms with Gasteiger partial charge in [-0.15, -0.1) is 5.10 Å². The van der Waals surface area contributed by atoms with E-state index in [1.165, 1.54) is 0 Å². The van der Waals surface area contributed by atoms with Gasteiger partial charge in [0.1, 0.15) is 5.52 Å². The Morgan fingerprint density at radius 3 is 2.62 bits per heavy atom. The van der Waals surface area contributed by atoms with Gasteiger partial charge in [0.25, 0.3) is 5.91 Å². The van der Waals surface area contributed by atoms with Crippen LogP contribution in [0, 0.1) is 6.92 Å². The number of ether oxygens (including phenoxy) is 2. The lowest BCUT2D eigenvalue weighted by Gasteiger charge is -2.12. The number of nitrogens with zero attached hydrogens (tertiary/aromatic N) is 4. The van der Waals surface area contributed by atoms with Crippen LogP contribution in [0.5, 0.6) is 11.5 Å². The van der Waals surface area contributed by atoms with E-state index in [4.69, 9.17) is 9.47 Å². The lowest BCUT2D eigenvalue weighted by Crippen LogP contribution is -2.13. The first-order valence-electron chi connectivity index (χ1n) is 8.91. The van der Waals surface area contributed by atoms with Crippen molar-refractivity contribution in [2.24, 2.45) is 0 Å². The van der Waals surface area contributed by atoms with Crippen molar-refractivity contribution in [1.82, 2.24) is 20.0 Å². The van der Waals surface area contributed by atoms with Crippen molar-refractivity contribution >= 4 is 22.8 Å². The molecule has 0 saturated carbocycles. The van der Waals surface area contributed by atoms with E-state index in [1.807, 2.05) is 31.2 Å². The van der Waals surface area contributed by atoms with Crippen molar-refractivity contribution in [3.05, 3.63) is 65.9 Å². The topological polar surface area (TPSA) is 91.2 Å². The third-order valence-electron chi connectivity index (χ3n) is 4.54. The summed E-state index contributed by atoms with van der Waals surface area (Å²) >= 11 is 0. The molecular formula is C21H19N5O3. The van der Waals surface area contributed by atoms with Gasteiger partial charge in [-0.1, -0.05) is 5.21 Å². The number of anilines is 1. The summed E-state index contributed by atoms with van der Waals surface area (Å²) in [4.78, 5) is 17.0. The van der Waals surface area contributed by atoms with Crippen LogP contribution in [0.1, 0.15) is 15.9 Å². The minimum Gasteiger partial charge on any atom is -0.493 e. The fourth-order valence-electron chi connectivity index (χ4n) is 3.08. The van der Waals surface area contributed by atoms with Gasteiger partial charge < -0.3 is 14.8 Å². The maximum atomic E-state index is 12.7. The highest BCUT2D eigenvalue weighted by Gasteiger charge is 2.13. The molecule has 0 radical (unpaired) electrons. The van der Waals surface area contributed by atoms with E-state index in [1.54, 1.807) is 49.4 Å². The Bertz CT molecular complexity index is 1200. The van der Waals surface area contributed by atoms with Crippen LogP contribution in [0.4, 0.5) is 5.69 Å². The molecule has 146 valence electrons. The number of benzene rings is 2. The van der Waals surface area contributed by atoms with Crippen LogP contribution in [-0.2, 0) is 0 Å². The molecule has 8 nitrogen and oxygen atoms in total. The van der Waals surface area contributed by atoms with E-state index < -0.39 is 0 Å². The van der Waals surface area contributed by atoms with Crippen LogP contribution in [0.25, 0.3) is 16.9 Å². The van der Waals surface area contributed by atoms with Crippen LogP contribution in [0.2, 0.25) is 0 Å². The molecule has 2 aromatic heterocycles. The fourth-order valence-corrected chi connectivity index (χ4v) is 3.08. The zero-order valence-corrected chi connectivity index (χ0v) is 16.2. The van der Waals surface area contributed by atoms with Crippen molar-refractivity contribution < 1.29 is 14.3 Å². The minimum absolute atomic E-state index is 0.228. The number of carbonyl (C=O) groups excluding carboxylic acids is 1. The fraction of sp³-hybridized carbons (Fsp3) is 0.143. The number of hydrogen-bond acceptors (Lipinski definition) is 6. The highest BCUT2D eigenvalue weighted by atomic mass is 16.5. The molecule has 2 heterocycles. The molecule has 0 atom stereocenters. The lowest BCUT2D eigenvalue weighted by molar-refractivity contribution is 0.102. The number of amides is 1. The van der Waals surface area contributed by atoms with Gasteiger partial charge in [0.05, 0.1) is 19.9 Å². The molecule has 4 aromatic rings. The first kappa shape index (κ1) is 18.4. The van der Waals surface area contributed by atoms with E-state index in [9.17, 15) is 4.79 Å². The first-order valence-corrected chi connectivity index (χ1v) is 8.91. The number of carbonyl (C=O) groups is 1. The molecule has 0 aliphatic rings. The summed E-state index contributed by atoms with van der Waals surface area (Å²) in [5.41, 5.74) is 4.20. The zero-order chi connectivity index (χ0) is 20.4. The minimum atomic E-state index is -0.228. The second-order valence-electron chi connectivity index (χ2n) is 6.37. The number of pyridine rings is 1. The quantitative estimate of drug-likeness (QED) is 0.563. The summed E-state index contributed by atoms with van der Waals surface area (Å²) in [5, 5.41) is 11.2. The molecule has 0 fully saturated rings. The molecule has 0 bridgehead atoms. The highest BCUT2D eigenvalue weighted by Crippen LogP contribution is 2.30. The Morgan fingerprint density at radius 2 is 1.86 bits per heavy atom. The molecule has 2 aromatic carbocycles. The second kappa shape index (κ2) is 7.59. The van der Waals surface area contributed by atoms with Gasteiger partial charge in [0.15, 0.2) is 17.1 Å². The molecule has 0 saturated heterocycles. The molecule has 4 rings (SSSR count). The average molecular weight is 389 g/mol. The molecule has 8 heteroatoms. The van der Waals surface area contributed by atoms with Gasteiger partial charge in [-0.05, 0) is 55.0 Å². The van der Waals surface area contributed by atoms with Gasteiger partial charge in [0.2, 0.25) is 0 Å². The largest absolute Gasteiger partial charge is 0.493 e. The standard InChI is InChI=1S/C21H19N5O3/c1-13-11-14(21(27)23-15-7-9-18(28-2)19(12-15)29-3)6-8-17(13)26-20-16(24-25-26)5-4-10-22-20/h4-12H,1-3H3,(H,23,27). The number of aryl methyl sites for hydroxylation is 1. The Kier molecular flexibility index (Phi) is 4.82. The summed E-state index contributed by atoms with van der Waals surface area (Å²) in [7, 11) is 3.11. The van der Waals surface area contributed by atoms with E-state index in [0.29, 0.717) is 33.9 Å². The van der Waals surface area contributed by atoms with Gasteiger partial charge in [0, 0.05) is 23.5 Å². The number of methoxy groups -OCH3 is 2. The molecule has 1 N–H and O–H groups in total. The molecule has 0 spiro atoms. The Labute approximate surface area is 167 Å².